The van der Waals surface area contributed by atoms with Gasteiger partial charge in [0.05, 0.1) is 0 Å². The highest BCUT2D eigenvalue weighted by atomic mass is 35.5. The summed E-state index contributed by atoms with van der Waals surface area (Å²) in [6.45, 7) is 2.07. The first-order valence-electron chi connectivity index (χ1n) is 5.46. The van der Waals surface area contributed by atoms with Crippen LogP contribution >= 0.6 is 24.0 Å². The van der Waals surface area contributed by atoms with Crippen molar-refractivity contribution in [3.05, 3.63) is 28.8 Å². The number of hydrogen-bond acceptors (Lipinski definition) is 2. The molecule has 88 valence electrons. The standard InChI is InChI=1S/C12H14ClNO.ClH/c13-10-2-3-11-9(6-10)7-12(15-11)4-1-5-14-8-12;/h2-3,6,14H,1,4-5,7-8H2;1H. The van der Waals surface area contributed by atoms with Gasteiger partial charge in [-0.05, 0) is 43.1 Å². The van der Waals surface area contributed by atoms with Gasteiger partial charge < -0.3 is 10.1 Å². The van der Waals surface area contributed by atoms with Crippen LogP contribution in [0, 0.1) is 0 Å². The van der Waals surface area contributed by atoms with E-state index >= 15 is 0 Å². The van der Waals surface area contributed by atoms with Crippen molar-refractivity contribution >= 4 is 24.0 Å². The van der Waals surface area contributed by atoms with E-state index in [1.54, 1.807) is 0 Å². The van der Waals surface area contributed by atoms with Crippen LogP contribution in [0.5, 0.6) is 5.75 Å². The molecule has 1 unspecified atom stereocenters. The normalized spacial score (nSPS) is 27.1. The van der Waals surface area contributed by atoms with Gasteiger partial charge >= 0.3 is 0 Å². The summed E-state index contributed by atoms with van der Waals surface area (Å²) in [6, 6.07) is 5.91. The fourth-order valence-corrected chi connectivity index (χ4v) is 2.78. The average Bonchev–Trinajstić information content (AvgIpc) is 2.56. The summed E-state index contributed by atoms with van der Waals surface area (Å²) in [5, 5.41) is 4.21. The lowest BCUT2D eigenvalue weighted by molar-refractivity contribution is 0.0660. The Morgan fingerprint density at radius 3 is 3.00 bits per heavy atom. The van der Waals surface area contributed by atoms with Gasteiger partial charge in [0.2, 0.25) is 0 Å². The SMILES string of the molecule is Cl.Clc1ccc2c(c1)CC1(CCCNC1)O2. The third kappa shape index (κ3) is 2.02. The summed E-state index contributed by atoms with van der Waals surface area (Å²) >= 11 is 5.98. The monoisotopic (exact) mass is 259 g/mol. The fraction of sp³-hybridized carbons (Fsp3) is 0.500. The van der Waals surface area contributed by atoms with E-state index in [0.717, 1.165) is 36.7 Å². The van der Waals surface area contributed by atoms with Crippen LogP contribution in [0.15, 0.2) is 18.2 Å². The molecule has 1 fully saturated rings. The van der Waals surface area contributed by atoms with Gasteiger partial charge in [0.1, 0.15) is 11.4 Å². The van der Waals surface area contributed by atoms with Gasteiger partial charge in [-0.2, -0.15) is 0 Å². The maximum atomic E-state index is 6.07. The Morgan fingerprint density at radius 1 is 1.38 bits per heavy atom. The van der Waals surface area contributed by atoms with Crippen LogP contribution < -0.4 is 10.1 Å². The smallest absolute Gasteiger partial charge is 0.126 e. The predicted molar refractivity (Wildman–Crippen MR) is 67.9 cm³/mol. The molecule has 1 spiro atoms. The quantitative estimate of drug-likeness (QED) is 0.774. The molecular weight excluding hydrogens is 245 g/mol. The van der Waals surface area contributed by atoms with Crippen molar-refractivity contribution in [3.8, 4) is 5.75 Å². The third-order valence-corrected chi connectivity index (χ3v) is 3.53. The fourth-order valence-electron chi connectivity index (χ4n) is 2.58. The molecule has 1 saturated heterocycles. The van der Waals surface area contributed by atoms with Crippen molar-refractivity contribution in [2.24, 2.45) is 0 Å². The molecule has 2 aliphatic heterocycles. The molecule has 0 radical (unpaired) electrons. The second kappa shape index (κ2) is 4.44. The summed E-state index contributed by atoms with van der Waals surface area (Å²) in [5.41, 5.74) is 1.26. The molecule has 0 saturated carbocycles. The molecule has 1 aromatic rings. The van der Waals surface area contributed by atoms with Crippen LogP contribution in [-0.4, -0.2) is 18.7 Å². The maximum Gasteiger partial charge on any atom is 0.126 e. The van der Waals surface area contributed by atoms with Gasteiger partial charge in [-0.3, -0.25) is 0 Å². The van der Waals surface area contributed by atoms with E-state index in [0.29, 0.717) is 0 Å². The number of nitrogens with one attached hydrogen (secondary N) is 1. The number of ether oxygens (including phenoxy) is 1. The van der Waals surface area contributed by atoms with E-state index in [2.05, 4.69) is 5.32 Å². The highest BCUT2D eigenvalue weighted by Gasteiger charge is 2.40. The molecule has 2 nitrogen and oxygen atoms in total. The van der Waals surface area contributed by atoms with Crippen molar-refractivity contribution in [3.63, 3.8) is 0 Å². The van der Waals surface area contributed by atoms with E-state index in [9.17, 15) is 0 Å². The highest BCUT2D eigenvalue weighted by molar-refractivity contribution is 6.30. The Hall–Kier alpha value is -0.440. The zero-order valence-corrected chi connectivity index (χ0v) is 10.5. The summed E-state index contributed by atoms with van der Waals surface area (Å²) in [7, 11) is 0. The van der Waals surface area contributed by atoms with Crippen LogP contribution in [0.3, 0.4) is 0 Å². The van der Waals surface area contributed by atoms with Gasteiger partial charge in [-0.15, -0.1) is 12.4 Å². The highest BCUT2D eigenvalue weighted by Crippen LogP contribution is 2.39. The Labute approximate surface area is 107 Å². The first kappa shape index (κ1) is 12.0. The molecule has 4 heteroatoms. The minimum Gasteiger partial charge on any atom is -0.485 e. The van der Waals surface area contributed by atoms with Crippen LogP contribution in [0.1, 0.15) is 18.4 Å². The molecule has 3 rings (SSSR count). The molecule has 1 N–H and O–H groups in total. The second-order valence-electron chi connectivity index (χ2n) is 4.49. The van der Waals surface area contributed by atoms with Gasteiger partial charge in [0.15, 0.2) is 0 Å². The Morgan fingerprint density at radius 2 is 2.25 bits per heavy atom. The van der Waals surface area contributed by atoms with Gasteiger partial charge in [0.25, 0.3) is 0 Å². The van der Waals surface area contributed by atoms with Crippen LogP contribution in [0.2, 0.25) is 5.02 Å². The summed E-state index contributed by atoms with van der Waals surface area (Å²) in [6.07, 6.45) is 3.34. The van der Waals surface area contributed by atoms with Crippen LogP contribution in [0.4, 0.5) is 0 Å². The number of fused-ring (bicyclic) bond motifs is 1. The Bertz CT molecular complexity index is 389. The van der Waals surface area contributed by atoms with Gasteiger partial charge in [-0.1, -0.05) is 11.6 Å². The molecule has 0 bridgehead atoms. The molecule has 16 heavy (non-hydrogen) atoms. The molecular formula is C12H15Cl2NO. The molecule has 0 aliphatic carbocycles. The van der Waals surface area contributed by atoms with Gasteiger partial charge in [0, 0.05) is 18.0 Å². The van der Waals surface area contributed by atoms with E-state index in [1.165, 1.54) is 12.0 Å². The zero-order chi connectivity index (χ0) is 10.3. The van der Waals surface area contributed by atoms with E-state index in [-0.39, 0.29) is 18.0 Å². The summed E-state index contributed by atoms with van der Waals surface area (Å²) in [4.78, 5) is 0. The van der Waals surface area contributed by atoms with E-state index in [4.69, 9.17) is 16.3 Å². The van der Waals surface area contributed by atoms with Gasteiger partial charge in [-0.25, -0.2) is 0 Å². The predicted octanol–water partition coefficient (Wildman–Crippen LogP) is 2.82. The number of halogens is 2. The van der Waals surface area contributed by atoms with Crippen molar-refractivity contribution < 1.29 is 4.74 Å². The van der Waals surface area contributed by atoms with E-state index < -0.39 is 0 Å². The minimum atomic E-state index is 0. The molecule has 2 heterocycles. The van der Waals surface area contributed by atoms with Crippen molar-refractivity contribution in [1.82, 2.24) is 5.32 Å². The molecule has 0 amide bonds. The maximum absolute atomic E-state index is 6.07. The molecule has 2 aliphatic rings. The van der Waals surface area contributed by atoms with E-state index in [1.807, 2.05) is 18.2 Å². The number of hydrogen-bond donors (Lipinski definition) is 1. The largest absolute Gasteiger partial charge is 0.485 e. The van der Waals surface area contributed by atoms with Crippen molar-refractivity contribution in [2.75, 3.05) is 13.1 Å². The first-order valence-corrected chi connectivity index (χ1v) is 5.83. The second-order valence-corrected chi connectivity index (χ2v) is 4.93. The number of piperidine rings is 1. The first-order chi connectivity index (χ1) is 7.27. The molecule has 1 atom stereocenters. The third-order valence-electron chi connectivity index (χ3n) is 3.29. The van der Waals surface area contributed by atoms with Crippen LogP contribution in [-0.2, 0) is 6.42 Å². The lowest BCUT2D eigenvalue weighted by Crippen LogP contribution is -2.49. The lowest BCUT2D eigenvalue weighted by atomic mass is 9.89. The topological polar surface area (TPSA) is 21.3 Å². The van der Waals surface area contributed by atoms with Crippen molar-refractivity contribution in [2.45, 2.75) is 24.9 Å². The number of benzene rings is 1. The lowest BCUT2D eigenvalue weighted by Gasteiger charge is -2.33. The zero-order valence-electron chi connectivity index (χ0n) is 8.96. The number of rotatable bonds is 0. The van der Waals surface area contributed by atoms with Crippen LogP contribution in [0.25, 0.3) is 0 Å². The molecule has 1 aromatic carbocycles. The van der Waals surface area contributed by atoms with Crippen molar-refractivity contribution in [1.29, 1.82) is 0 Å². The average molecular weight is 260 g/mol. The minimum absolute atomic E-state index is 0. The molecule has 0 aromatic heterocycles. The Kier molecular flexibility index (Phi) is 3.34. The summed E-state index contributed by atoms with van der Waals surface area (Å²) < 4.78 is 6.07. The Balaban J connectivity index is 0.000000963. The summed E-state index contributed by atoms with van der Waals surface area (Å²) in [5.74, 6) is 1.02.